The zero-order valence-electron chi connectivity index (χ0n) is 21.6. The van der Waals surface area contributed by atoms with Crippen LogP contribution >= 0.6 is 11.3 Å². The molecule has 4 aromatic rings. The van der Waals surface area contributed by atoms with Gasteiger partial charge in [-0.05, 0) is 35.2 Å². The molecule has 0 bridgehead atoms. The summed E-state index contributed by atoms with van der Waals surface area (Å²) in [5, 5.41) is 26.6. The maximum absolute atomic E-state index is 13.6. The molecule has 21 heteroatoms. The number of nitrogens with two attached hydrogens (primary N) is 2. The van der Waals surface area contributed by atoms with Crippen molar-refractivity contribution in [2.24, 2.45) is 5.14 Å². The maximum atomic E-state index is 13.6. The van der Waals surface area contributed by atoms with E-state index >= 15 is 0 Å². The van der Waals surface area contributed by atoms with Crippen LogP contribution in [0.5, 0.6) is 0 Å². The molecule has 1 aliphatic rings. The maximum Gasteiger partial charge on any atom is 0.490 e. The highest BCUT2D eigenvalue weighted by Crippen LogP contribution is 2.42. The van der Waals surface area contributed by atoms with Gasteiger partial charge in [-0.25, -0.2) is 36.9 Å². The Morgan fingerprint density at radius 1 is 1.17 bits per heavy atom. The number of aromatic amines is 1. The average Bonchev–Trinajstić information content (AvgIpc) is 3.53. The standard InChI is InChI=1S/C19H21N9O4S3.C2HF3O2/c1-27-8-10(9-27)28(2)35(31,32)14-7-6-11(12-4-3-5-13-16(12)22-19(20)33-13)15(17(14)34(21,29)30)18-23-25-26-24-18;3-2(4,5)1(6)7/h3-7,10H,8-9H2,1-2H3,(H2,20,22)(H2,21,29,30)(H,23,24,25,26);(H,6,7). The van der Waals surface area contributed by atoms with Crippen LogP contribution in [0.4, 0.5) is 18.3 Å². The fourth-order valence-electron chi connectivity index (χ4n) is 4.20. The van der Waals surface area contributed by atoms with Crippen molar-refractivity contribution < 1.29 is 39.9 Å². The number of aliphatic carboxylic acids is 1. The number of hydrogen-bond donors (Lipinski definition) is 4. The molecule has 0 unspecified atom stereocenters. The molecule has 0 saturated carbocycles. The first kappa shape index (κ1) is 31.2. The second-order valence-corrected chi connectivity index (χ2v) is 13.5. The van der Waals surface area contributed by atoms with Crippen molar-refractivity contribution in [3.63, 3.8) is 0 Å². The van der Waals surface area contributed by atoms with Gasteiger partial charge in [-0.15, -0.1) is 5.10 Å². The van der Waals surface area contributed by atoms with E-state index in [1.807, 2.05) is 18.0 Å². The summed E-state index contributed by atoms with van der Waals surface area (Å²) in [6.45, 7) is 1.04. The predicted octanol–water partition coefficient (Wildman–Crippen LogP) is 0.941. The Morgan fingerprint density at radius 2 is 1.81 bits per heavy atom. The summed E-state index contributed by atoms with van der Waals surface area (Å²) >= 11 is 1.27. The van der Waals surface area contributed by atoms with Crippen LogP contribution in [0.15, 0.2) is 40.1 Å². The molecular formula is C21H22F3N9O6S3. The molecule has 0 radical (unpaired) electrons. The third kappa shape index (κ3) is 6.05. The van der Waals surface area contributed by atoms with Crippen LogP contribution in [0.2, 0.25) is 0 Å². The molecule has 2 aromatic heterocycles. The molecule has 2 aromatic carbocycles. The highest BCUT2D eigenvalue weighted by atomic mass is 32.2. The summed E-state index contributed by atoms with van der Waals surface area (Å²) in [5.41, 5.74) is 7.20. The van der Waals surface area contributed by atoms with E-state index in [1.165, 1.54) is 34.8 Å². The van der Waals surface area contributed by atoms with E-state index in [1.54, 1.807) is 12.1 Å². The Morgan fingerprint density at radius 3 is 2.33 bits per heavy atom. The molecule has 0 atom stereocenters. The fraction of sp³-hybridized carbons (Fsp3) is 0.286. The van der Waals surface area contributed by atoms with E-state index in [4.69, 9.17) is 20.8 Å². The van der Waals surface area contributed by atoms with Gasteiger partial charge in [0, 0.05) is 25.7 Å². The van der Waals surface area contributed by atoms with Crippen LogP contribution in [-0.2, 0) is 24.8 Å². The number of thiazole rings is 1. The highest BCUT2D eigenvalue weighted by molar-refractivity contribution is 7.92. The van der Waals surface area contributed by atoms with Crippen molar-refractivity contribution >= 4 is 52.7 Å². The highest BCUT2D eigenvalue weighted by Gasteiger charge is 2.40. The van der Waals surface area contributed by atoms with Crippen molar-refractivity contribution in [1.82, 2.24) is 34.8 Å². The van der Waals surface area contributed by atoms with Crippen LogP contribution in [0, 0.1) is 0 Å². The smallest absolute Gasteiger partial charge is 0.475 e. The number of nitrogens with zero attached hydrogens (tertiary/aromatic N) is 6. The summed E-state index contributed by atoms with van der Waals surface area (Å²) < 4.78 is 86.9. The van der Waals surface area contributed by atoms with Crippen molar-refractivity contribution in [2.45, 2.75) is 22.0 Å². The lowest BCUT2D eigenvalue weighted by atomic mass is 9.98. The van der Waals surface area contributed by atoms with Crippen LogP contribution in [0.1, 0.15) is 0 Å². The van der Waals surface area contributed by atoms with Gasteiger partial charge in [-0.1, -0.05) is 29.5 Å². The number of anilines is 1. The van der Waals surface area contributed by atoms with Gasteiger partial charge in [-0.3, -0.25) is 0 Å². The number of likely N-dealkylation sites (N-methyl/N-ethyl adjacent to an activating group) is 2. The van der Waals surface area contributed by atoms with Crippen molar-refractivity contribution in [3.8, 4) is 22.5 Å². The van der Waals surface area contributed by atoms with Crippen LogP contribution < -0.4 is 10.9 Å². The topological polar surface area (TPSA) is 231 Å². The van der Waals surface area contributed by atoms with E-state index in [2.05, 4.69) is 25.6 Å². The number of primary sulfonamides is 1. The summed E-state index contributed by atoms with van der Waals surface area (Å²) in [6, 6.07) is 7.75. The number of tetrazole rings is 1. The minimum Gasteiger partial charge on any atom is -0.475 e. The lowest BCUT2D eigenvalue weighted by Crippen LogP contribution is -2.57. The number of carboxylic acid groups (broad SMARTS) is 1. The van der Waals surface area contributed by atoms with Gasteiger partial charge >= 0.3 is 12.1 Å². The Bertz CT molecular complexity index is 1860. The Kier molecular flexibility index (Phi) is 8.28. The number of sulfonamides is 2. The quantitative estimate of drug-likeness (QED) is 0.229. The van der Waals surface area contributed by atoms with Gasteiger partial charge in [0.05, 0.1) is 21.8 Å². The summed E-state index contributed by atoms with van der Waals surface area (Å²) in [4.78, 5) is 14.2. The number of fused-ring (bicyclic) bond motifs is 1. The fourth-order valence-corrected chi connectivity index (χ4v) is 7.88. The molecule has 1 aliphatic heterocycles. The molecule has 5 rings (SSSR count). The Labute approximate surface area is 240 Å². The first-order valence-corrected chi connectivity index (χ1v) is 15.3. The lowest BCUT2D eigenvalue weighted by Gasteiger charge is -2.41. The minimum absolute atomic E-state index is 0.0627. The number of benzene rings is 2. The minimum atomic E-state index is -5.08. The second kappa shape index (κ2) is 11.1. The number of halogens is 3. The van der Waals surface area contributed by atoms with Crippen LogP contribution in [-0.4, -0.2) is 102 Å². The van der Waals surface area contributed by atoms with Gasteiger partial charge in [0.1, 0.15) is 9.79 Å². The number of nitrogen functional groups attached to an aromatic ring is 1. The normalized spacial score (nSPS) is 14.9. The number of para-hydroxylation sites is 1. The number of H-pyrrole nitrogens is 1. The zero-order chi connectivity index (χ0) is 31.2. The first-order chi connectivity index (χ1) is 19.4. The molecule has 0 spiro atoms. The Hall–Kier alpha value is -3.76. The van der Waals surface area contributed by atoms with E-state index in [0.717, 1.165) is 4.70 Å². The number of aromatic nitrogens is 5. The van der Waals surface area contributed by atoms with Gasteiger partial charge in [-0.2, -0.15) is 17.5 Å². The van der Waals surface area contributed by atoms with E-state index in [9.17, 15) is 30.0 Å². The number of carbonyl (C=O) groups is 1. The molecule has 0 amide bonds. The third-order valence-electron chi connectivity index (χ3n) is 6.17. The lowest BCUT2D eigenvalue weighted by molar-refractivity contribution is -0.192. The predicted molar refractivity (Wildman–Crippen MR) is 144 cm³/mol. The summed E-state index contributed by atoms with van der Waals surface area (Å²) in [6.07, 6.45) is -5.08. The van der Waals surface area contributed by atoms with Crippen molar-refractivity contribution in [1.29, 1.82) is 0 Å². The van der Waals surface area contributed by atoms with E-state index < -0.39 is 42.0 Å². The van der Waals surface area contributed by atoms with Crippen molar-refractivity contribution in [3.05, 3.63) is 30.3 Å². The third-order valence-corrected chi connectivity index (χ3v) is 10.1. The molecule has 1 saturated heterocycles. The summed E-state index contributed by atoms with van der Waals surface area (Å²) in [7, 11) is -5.56. The second-order valence-electron chi connectivity index (χ2n) is 9.01. The average molecular weight is 650 g/mol. The molecule has 42 heavy (non-hydrogen) atoms. The van der Waals surface area contributed by atoms with Crippen LogP contribution in [0.3, 0.4) is 0 Å². The number of likely N-dealkylation sites (tertiary alicyclic amines) is 1. The van der Waals surface area contributed by atoms with E-state index in [0.29, 0.717) is 34.9 Å². The summed E-state index contributed by atoms with van der Waals surface area (Å²) in [5.74, 6) is -2.82. The van der Waals surface area contributed by atoms with Gasteiger partial charge < -0.3 is 15.7 Å². The zero-order valence-corrected chi connectivity index (χ0v) is 24.0. The monoisotopic (exact) mass is 649 g/mol. The molecule has 15 nitrogen and oxygen atoms in total. The number of carboxylic acids is 1. The van der Waals surface area contributed by atoms with Crippen molar-refractivity contribution in [2.75, 3.05) is 32.9 Å². The van der Waals surface area contributed by atoms with Crippen LogP contribution in [0.25, 0.3) is 32.7 Å². The molecular weight excluding hydrogens is 627 g/mol. The molecule has 0 aliphatic carbocycles. The van der Waals surface area contributed by atoms with E-state index in [-0.39, 0.29) is 17.4 Å². The molecule has 226 valence electrons. The molecule has 6 N–H and O–H groups in total. The van der Waals surface area contributed by atoms with Gasteiger partial charge in [0.2, 0.25) is 20.0 Å². The number of alkyl halides is 3. The number of rotatable bonds is 6. The SMILES string of the molecule is CN1CC(N(C)S(=O)(=O)c2ccc(-c3cccc4sc(N)nc34)c(-c3nnn[nH]3)c2S(N)(=O)=O)C1.O=C(O)C(F)(F)F. The van der Waals surface area contributed by atoms with Gasteiger partial charge in [0.25, 0.3) is 0 Å². The number of hydrogen-bond acceptors (Lipinski definition) is 12. The molecule has 3 heterocycles. The largest absolute Gasteiger partial charge is 0.490 e. The molecule has 1 fully saturated rings. The first-order valence-electron chi connectivity index (χ1n) is 11.5. The van der Waals surface area contributed by atoms with Gasteiger partial charge in [0.15, 0.2) is 11.0 Å². The Balaban J connectivity index is 0.000000517. The number of nitrogens with one attached hydrogen (secondary N) is 1.